The van der Waals surface area contributed by atoms with Gasteiger partial charge in [0.25, 0.3) is 10.2 Å². The van der Waals surface area contributed by atoms with Gasteiger partial charge < -0.3 is 5.11 Å². The minimum Gasteiger partial charge on any atom is -0.481 e. The first-order chi connectivity index (χ1) is 8.35. The monoisotopic (exact) mass is 280 g/mol. The van der Waals surface area contributed by atoms with Gasteiger partial charge in [0.15, 0.2) is 0 Å². The third kappa shape index (κ3) is 6.32. The lowest BCUT2D eigenvalue weighted by Crippen LogP contribution is -2.42. The van der Waals surface area contributed by atoms with E-state index in [1.165, 1.54) is 11.4 Å². The third-order valence-electron chi connectivity index (χ3n) is 2.74. The maximum Gasteiger partial charge on any atom is 0.307 e. The van der Waals surface area contributed by atoms with Crippen LogP contribution < -0.4 is 4.72 Å². The van der Waals surface area contributed by atoms with Gasteiger partial charge in [0.05, 0.1) is 5.92 Å². The van der Waals surface area contributed by atoms with E-state index in [4.69, 9.17) is 5.11 Å². The van der Waals surface area contributed by atoms with Crippen LogP contribution in [-0.2, 0) is 15.0 Å². The Morgan fingerprint density at radius 2 is 1.94 bits per heavy atom. The first kappa shape index (κ1) is 17.3. The highest BCUT2D eigenvalue weighted by atomic mass is 32.2. The van der Waals surface area contributed by atoms with Gasteiger partial charge in [-0.1, -0.05) is 26.7 Å². The van der Waals surface area contributed by atoms with Crippen LogP contribution >= 0.6 is 0 Å². The Morgan fingerprint density at radius 1 is 1.33 bits per heavy atom. The maximum atomic E-state index is 11.8. The van der Waals surface area contributed by atoms with Gasteiger partial charge in [-0.15, -0.1) is 0 Å². The van der Waals surface area contributed by atoms with Gasteiger partial charge in [0, 0.05) is 20.1 Å². The van der Waals surface area contributed by atoms with Crippen molar-refractivity contribution in [2.45, 2.75) is 39.5 Å². The molecule has 0 bridgehead atoms. The SMILES string of the molecule is CCCCN(C)S(=O)(=O)NCC(CCC)C(=O)O. The second-order valence-corrected chi connectivity index (χ2v) is 6.21. The summed E-state index contributed by atoms with van der Waals surface area (Å²) < 4.78 is 27.2. The van der Waals surface area contributed by atoms with Crippen LogP contribution in [0.4, 0.5) is 0 Å². The van der Waals surface area contributed by atoms with Crippen molar-refractivity contribution in [3.05, 3.63) is 0 Å². The highest BCUT2D eigenvalue weighted by Crippen LogP contribution is 2.06. The Kier molecular flexibility index (Phi) is 8.13. The molecular weight excluding hydrogens is 256 g/mol. The maximum absolute atomic E-state index is 11.8. The fraction of sp³-hybridized carbons (Fsp3) is 0.909. The highest BCUT2D eigenvalue weighted by Gasteiger charge is 2.22. The topological polar surface area (TPSA) is 86.7 Å². The Morgan fingerprint density at radius 3 is 2.39 bits per heavy atom. The number of carbonyl (C=O) groups is 1. The number of hydrogen-bond acceptors (Lipinski definition) is 3. The summed E-state index contributed by atoms with van der Waals surface area (Å²) in [6.45, 7) is 4.24. The standard InChI is InChI=1S/C11H24N2O4S/c1-4-6-8-13(3)18(16,17)12-9-10(7-5-2)11(14)15/h10,12H,4-9H2,1-3H3,(H,14,15). The predicted octanol–water partition coefficient (Wildman–Crippen LogP) is 1.05. The molecule has 7 heteroatoms. The minimum atomic E-state index is -3.56. The molecule has 0 spiro atoms. The largest absolute Gasteiger partial charge is 0.481 e. The lowest BCUT2D eigenvalue weighted by Gasteiger charge is -2.19. The molecule has 18 heavy (non-hydrogen) atoms. The second kappa shape index (κ2) is 8.44. The molecule has 0 aromatic heterocycles. The Hall–Kier alpha value is -0.660. The molecule has 1 unspecified atom stereocenters. The quantitative estimate of drug-likeness (QED) is 0.626. The molecular formula is C11H24N2O4S. The van der Waals surface area contributed by atoms with E-state index < -0.39 is 22.1 Å². The Bertz CT molecular complexity index is 343. The summed E-state index contributed by atoms with van der Waals surface area (Å²) in [6.07, 6.45) is 2.88. The molecule has 6 nitrogen and oxygen atoms in total. The number of hydrogen-bond donors (Lipinski definition) is 2. The van der Waals surface area contributed by atoms with Crippen molar-refractivity contribution in [3.8, 4) is 0 Å². The fourth-order valence-corrected chi connectivity index (χ4v) is 2.48. The summed E-state index contributed by atoms with van der Waals surface area (Å²) in [5.74, 6) is -1.62. The average molecular weight is 280 g/mol. The average Bonchev–Trinajstić information content (AvgIpc) is 2.30. The number of carboxylic acids is 1. The van der Waals surface area contributed by atoms with Gasteiger partial charge in [-0.3, -0.25) is 4.79 Å². The van der Waals surface area contributed by atoms with Crippen molar-refractivity contribution >= 4 is 16.2 Å². The molecule has 0 amide bonds. The highest BCUT2D eigenvalue weighted by molar-refractivity contribution is 7.87. The molecule has 0 aliphatic carbocycles. The number of nitrogens with one attached hydrogen (secondary N) is 1. The van der Waals surface area contributed by atoms with Crippen molar-refractivity contribution in [2.24, 2.45) is 5.92 Å². The summed E-state index contributed by atoms with van der Waals surface area (Å²) in [6, 6.07) is 0. The lowest BCUT2D eigenvalue weighted by atomic mass is 10.1. The molecule has 0 aromatic rings. The number of rotatable bonds is 10. The molecule has 0 aliphatic rings. The first-order valence-electron chi connectivity index (χ1n) is 6.28. The smallest absolute Gasteiger partial charge is 0.307 e. The first-order valence-corrected chi connectivity index (χ1v) is 7.72. The van der Waals surface area contributed by atoms with Crippen LogP contribution in [0.2, 0.25) is 0 Å². The van der Waals surface area contributed by atoms with Crippen LogP contribution in [0.25, 0.3) is 0 Å². The molecule has 0 aliphatic heterocycles. The van der Waals surface area contributed by atoms with Crippen LogP contribution in [0.15, 0.2) is 0 Å². The van der Waals surface area contributed by atoms with Crippen molar-refractivity contribution in [1.82, 2.24) is 9.03 Å². The summed E-state index contributed by atoms with van der Waals surface area (Å²) in [5, 5.41) is 8.93. The van der Waals surface area contributed by atoms with Crippen LogP contribution in [0.1, 0.15) is 39.5 Å². The number of unbranched alkanes of at least 4 members (excludes halogenated alkanes) is 1. The van der Waals surface area contributed by atoms with Gasteiger partial charge in [-0.25, -0.2) is 4.72 Å². The van der Waals surface area contributed by atoms with E-state index in [9.17, 15) is 13.2 Å². The molecule has 0 saturated carbocycles. The zero-order valence-corrected chi connectivity index (χ0v) is 12.2. The summed E-state index contributed by atoms with van der Waals surface area (Å²) in [5.41, 5.74) is 0. The Balaban J connectivity index is 4.35. The zero-order valence-electron chi connectivity index (χ0n) is 11.3. The summed E-state index contributed by atoms with van der Waals surface area (Å²) >= 11 is 0. The normalized spacial score (nSPS) is 13.8. The second-order valence-electron chi connectivity index (χ2n) is 4.35. The van der Waals surface area contributed by atoms with Crippen molar-refractivity contribution in [2.75, 3.05) is 20.1 Å². The Labute approximate surface area is 110 Å². The molecule has 2 N–H and O–H groups in total. The lowest BCUT2D eigenvalue weighted by molar-refractivity contribution is -0.141. The molecule has 1 atom stereocenters. The van der Waals surface area contributed by atoms with Gasteiger partial charge in [-0.05, 0) is 12.8 Å². The minimum absolute atomic E-state index is 0.0536. The van der Waals surface area contributed by atoms with Gasteiger partial charge in [0.1, 0.15) is 0 Å². The molecule has 0 saturated heterocycles. The third-order valence-corrected chi connectivity index (χ3v) is 4.27. The van der Waals surface area contributed by atoms with Gasteiger partial charge >= 0.3 is 5.97 Å². The van der Waals surface area contributed by atoms with Crippen LogP contribution in [-0.4, -0.2) is 43.9 Å². The molecule has 0 aromatic carbocycles. The van der Waals surface area contributed by atoms with E-state index in [-0.39, 0.29) is 6.54 Å². The molecule has 0 radical (unpaired) electrons. The number of carboxylic acid groups (broad SMARTS) is 1. The van der Waals surface area contributed by atoms with E-state index >= 15 is 0 Å². The summed E-state index contributed by atoms with van der Waals surface area (Å²) in [4.78, 5) is 10.9. The molecule has 0 rings (SSSR count). The van der Waals surface area contributed by atoms with Crippen molar-refractivity contribution in [3.63, 3.8) is 0 Å². The van der Waals surface area contributed by atoms with E-state index in [1.807, 2.05) is 13.8 Å². The predicted molar refractivity (Wildman–Crippen MR) is 70.5 cm³/mol. The van der Waals surface area contributed by atoms with Crippen LogP contribution in [0.5, 0.6) is 0 Å². The fourth-order valence-electron chi connectivity index (χ4n) is 1.48. The molecule has 0 heterocycles. The van der Waals surface area contributed by atoms with Crippen molar-refractivity contribution < 1.29 is 18.3 Å². The number of nitrogens with zero attached hydrogens (tertiary/aromatic N) is 1. The molecule has 0 fully saturated rings. The zero-order chi connectivity index (χ0) is 14.2. The van der Waals surface area contributed by atoms with Crippen LogP contribution in [0, 0.1) is 5.92 Å². The summed E-state index contributed by atoms with van der Waals surface area (Å²) in [7, 11) is -2.07. The number of aliphatic carboxylic acids is 1. The molecule has 108 valence electrons. The van der Waals surface area contributed by atoms with E-state index in [2.05, 4.69) is 4.72 Å². The van der Waals surface area contributed by atoms with Crippen molar-refractivity contribution in [1.29, 1.82) is 0 Å². The van der Waals surface area contributed by atoms with E-state index in [0.717, 1.165) is 12.8 Å². The van der Waals surface area contributed by atoms with Gasteiger partial charge in [-0.2, -0.15) is 12.7 Å². The van der Waals surface area contributed by atoms with E-state index in [0.29, 0.717) is 19.4 Å². The van der Waals surface area contributed by atoms with Gasteiger partial charge in [0.2, 0.25) is 0 Å². The van der Waals surface area contributed by atoms with Crippen LogP contribution in [0.3, 0.4) is 0 Å². The van der Waals surface area contributed by atoms with E-state index in [1.54, 1.807) is 0 Å².